The quantitative estimate of drug-likeness (QED) is 0.110. The highest BCUT2D eigenvalue weighted by atomic mass is 35.5. The molecular weight excluding hydrogens is 662 g/mol. The zero-order valence-electron chi connectivity index (χ0n) is 29.0. The van der Waals surface area contributed by atoms with E-state index >= 15 is 0 Å². The zero-order chi connectivity index (χ0) is 36.0. The molecule has 1 heterocycles. The van der Waals surface area contributed by atoms with E-state index in [1.54, 1.807) is 0 Å². The molecule has 0 aromatic heterocycles. The average Bonchev–Trinajstić information content (AvgIpc) is 3.07. The van der Waals surface area contributed by atoms with E-state index in [0.29, 0.717) is 25.8 Å². The number of carboxylic acid groups (broad SMARTS) is 1. The van der Waals surface area contributed by atoms with Gasteiger partial charge >= 0.3 is 5.97 Å². The molecule has 2 aromatic carbocycles. The molecule has 1 aliphatic heterocycles. The van der Waals surface area contributed by atoms with Crippen molar-refractivity contribution < 1.29 is 29.1 Å². The van der Waals surface area contributed by atoms with Crippen molar-refractivity contribution in [2.24, 2.45) is 23.1 Å². The lowest BCUT2D eigenvalue weighted by molar-refractivity contribution is -0.148. The molecule has 10 N–H and O–H groups in total. The molecule has 2 aromatic rings. The van der Waals surface area contributed by atoms with Crippen molar-refractivity contribution in [3.63, 3.8) is 0 Å². The van der Waals surface area contributed by atoms with Crippen molar-refractivity contribution in [3.05, 3.63) is 71.8 Å². The third kappa shape index (κ3) is 13.0. The van der Waals surface area contributed by atoms with Crippen LogP contribution in [-0.2, 0) is 36.8 Å². The van der Waals surface area contributed by atoms with E-state index in [4.69, 9.17) is 17.2 Å². The predicted octanol–water partition coefficient (Wildman–Crippen LogP) is 1.25. The number of nitrogens with two attached hydrogens (primary N) is 3. The summed E-state index contributed by atoms with van der Waals surface area (Å²) in [6.07, 6.45) is 2.44. The van der Waals surface area contributed by atoms with Gasteiger partial charge in [-0.2, -0.15) is 0 Å². The molecule has 14 heteroatoms. The number of halogens is 1. The number of aliphatic carboxylic acids is 1. The minimum Gasteiger partial charge on any atom is -0.480 e. The fraction of sp³-hybridized carbons (Fsp3) is 0.528. The Morgan fingerprint density at radius 3 is 1.80 bits per heavy atom. The Labute approximate surface area is 300 Å². The van der Waals surface area contributed by atoms with Gasteiger partial charge in [0.25, 0.3) is 0 Å². The van der Waals surface area contributed by atoms with E-state index in [9.17, 15) is 29.1 Å². The molecule has 1 aliphatic rings. The Morgan fingerprint density at radius 2 is 1.28 bits per heavy atom. The van der Waals surface area contributed by atoms with Crippen molar-refractivity contribution in [3.8, 4) is 0 Å². The van der Waals surface area contributed by atoms with Gasteiger partial charge in [-0.15, -0.1) is 12.4 Å². The van der Waals surface area contributed by atoms with Crippen LogP contribution in [0.4, 0.5) is 0 Å². The number of piperidine rings is 1. The molecule has 1 saturated heterocycles. The highest BCUT2D eigenvalue weighted by molar-refractivity contribution is 5.95. The van der Waals surface area contributed by atoms with Gasteiger partial charge in [0.05, 0.1) is 6.04 Å². The largest absolute Gasteiger partial charge is 0.480 e. The average molecular weight is 716 g/mol. The number of carboxylic acids is 1. The number of nitrogens with zero attached hydrogens (tertiary/aromatic N) is 1. The maximum absolute atomic E-state index is 13.9. The van der Waals surface area contributed by atoms with E-state index < -0.39 is 53.4 Å². The number of carbonyl (C=O) groups is 5. The Bertz CT molecular complexity index is 1390. The van der Waals surface area contributed by atoms with Gasteiger partial charge in [-0.05, 0) is 68.5 Å². The minimum atomic E-state index is -1.40. The molecule has 1 fully saturated rings. The summed E-state index contributed by atoms with van der Waals surface area (Å²) < 4.78 is 0. The molecule has 4 amide bonds. The molecule has 0 saturated carbocycles. The predicted molar refractivity (Wildman–Crippen MR) is 194 cm³/mol. The smallest absolute Gasteiger partial charge is 0.323 e. The van der Waals surface area contributed by atoms with Crippen molar-refractivity contribution in [1.29, 1.82) is 0 Å². The lowest BCUT2D eigenvalue weighted by Gasteiger charge is -2.38. The number of amides is 4. The van der Waals surface area contributed by atoms with Crippen LogP contribution in [0.25, 0.3) is 0 Å². The standard InChI is InChI=1S/C36H53N7O6.ClH/c1-24(2)21-29(32(45)40-28(15-9-10-18-37)34(47)43-19-16-36(39,17-20-43)35(48)49)42-33(46)30(23-26-13-7-4-8-14-26)41-31(44)27(38)22-25-11-5-3-6-12-25;/h3-8,11-14,24,27-30H,9-10,15-23,37-39H2,1-2H3,(H,40,45)(H,41,44)(H,42,46)(H,48,49);1H/t27-,28-,29-,30-;/m1./s1. The molecule has 0 spiro atoms. The summed E-state index contributed by atoms with van der Waals surface area (Å²) in [5.74, 6) is -3.04. The van der Waals surface area contributed by atoms with Crippen molar-refractivity contribution in [2.45, 2.75) is 94.9 Å². The van der Waals surface area contributed by atoms with Gasteiger partial charge < -0.3 is 43.2 Å². The maximum atomic E-state index is 13.9. The fourth-order valence-electron chi connectivity index (χ4n) is 5.86. The van der Waals surface area contributed by atoms with E-state index in [2.05, 4.69) is 16.0 Å². The first-order chi connectivity index (χ1) is 23.3. The summed E-state index contributed by atoms with van der Waals surface area (Å²) >= 11 is 0. The van der Waals surface area contributed by atoms with E-state index in [-0.39, 0.29) is 69.4 Å². The number of benzene rings is 2. The van der Waals surface area contributed by atoms with Crippen LogP contribution >= 0.6 is 12.4 Å². The van der Waals surface area contributed by atoms with Crippen molar-refractivity contribution in [1.82, 2.24) is 20.9 Å². The van der Waals surface area contributed by atoms with Gasteiger partial charge in [-0.25, -0.2) is 0 Å². The van der Waals surface area contributed by atoms with Crippen LogP contribution in [0.15, 0.2) is 60.7 Å². The van der Waals surface area contributed by atoms with E-state index in [1.807, 2.05) is 74.5 Å². The molecule has 4 atom stereocenters. The van der Waals surface area contributed by atoms with Gasteiger partial charge in [0.2, 0.25) is 23.6 Å². The summed E-state index contributed by atoms with van der Waals surface area (Å²) in [7, 11) is 0. The van der Waals surface area contributed by atoms with Gasteiger partial charge in [-0.1, -0.05) is 74.5 Å². The van der Waals surface area contributed by atoms with Gasteiger partial charge in [-0.3, -0.25) is 24.0 Å². The van der Waals surface area contributed by atoms with Gasteiger partial charge in [0.15, 0.2) is 0 Å². The second kappa shape index (κ2) is 20.6. The van der Waals surface area contributed by atoms with Crippen LogP contribution in [0.2, 0.25) is 0 Å². The number of hydrogen-bond acceptors (Lipinski definition) is 8. The second-order valence-electron chi connectivity index (χ2n) is 13.4. The molecule has 50 heavy (non-hydrogen) atoms. The number of likely N-dealkylation sites (tertiary alicyclic amines) is 1. The first-order valence-corrected chi connectivity index (χ1v) is 17.1. The third-order valence-corrected chi connectivity index (χ3v) is 8.85. The molecule has 0 unspecified atom stereocenters. The number of carbonyl (C=O) groups excluding carboxylic acids is 4. The van der Waals surface area contributed by atoms with Crippen LogP contribution in [0.5, 0.6) is 0 Å². The first-order valence-electron chi connectivity index (χ1n) is 17.1. The topological polar surface area (TPSA) is 223 Å². The fourth-order valence-corrected chi connectivity index (χ4v) is 5.86. The number of nitrogens with one attached hydrogen (secondary N) is 3. The Balaban J connectivity index is 0.00000867. The van der Waals surface area contributed by atoms with Crippen molar-refractivity contribution >= 4 is 42.0 Å². The Morgan fingerprint density at radius 1 is 0.780 bits per heavy atom. The van der Waals surface area contributed by atoms with Crippen molar-refractivity contribution in [2.75, 3.05) is 19.6 Å². The van der Waals surface area contributed by atoms with Crippen LogP contribution < -0.4 is 33.2 Å². The molecule has 0 radical (unpaired) electrons. The van der Waals surface area contributed by atoms with Crippen LogP contribution in [0.3, 0.4) is 0 Å². The van der Waals surface area contributed by atoms with Gasteiger partial charge in [0, 0.05) is 19.5 Å². The number of hydrogen-bond donors (Lipinski definition) is 7. The Hall–Kier alpha value is -4.04. The summed E-state index contributed by atoms with van der Waals surface area (Å²) in [6, 6.07) is 14.7. The lowest BCUT2D eigenvalue weighted by atomic mass is 9.88. The summed E-state index contributed by atoms with van der Waals surface area (Å²) in [5, 5.41) is 18.0. The molecule has 13 nitrogen and oxygen atoms in total. The van der Waals surface area contributed by atoms with E-state index in [1.165, 1.54) is 4.90 Å². The molecule has 276 valence electrons. The maximum Gasteiger partial charge on any atom is 0.323 e. The summed E-state index contributed by atoms with van der Waals surface area (Å²) in [5.41, 5.74) is 18.2. The Kier molecular flexibility index (Phi) is 17.3. The number of unbranched alkanes of at least 4 members (excludes halogenated alkanes) is 1. The highest BCUT2D eigenvalue weighted by Gasteiger charge is 2.40. The second-order valence-corrected chi connectivity index (χ2v) is 13.4. The van der Waals surface area contributed by atoms with Crippen LogP contribution in [0, 0.1) is 5.92 Å². The summed E-state index contributed by atoms with van der Waals surface area (Å²) in [4.78, 5) is 67.7. The number of rotatable bonds is 18. The first kappa shape index (κ1) is 42.1. The van der Waals surface area contributed by atoms with E-state index in [0.717, 1.165) is 11.1 Å². The van der Waals surface area contributed by atoms with Crippen LogP contribution in [0.1, 0.15) is 63.5 Å². The molecular formula is C36H54ClN7O6. The highest BCUT2D eigenvalue weighted by Crippen LogP contribution is 2.21. The lowest BCUT2D eigenvalue weighted by Crippen LogP contribution is -2.60. The normalized spacial score (nSPS) is 16.2. The minimum absolute atomic E-state index is 0. The SMILES string of the molecule is CC(C)C[C@@H](NC(=O)[C@@H](Cc1ccccc1)NC(=O)[C@H](N)Cc1ccccc1)C(=O)N[C@H](CCCCN)C(=O)N1CCC(N)(C(=O)O)CC1.Cl. The van der Waals surface area contributed by atoms with Crippen LogP contribution in [-0.4, -0.2) is 88.9 Å². The molecule has 0 aliphatic carbocycles. The molecule has 0 bridgehead atoms. The zero-order valence-corrected chi connectivity index (χ0v) is 29.8. The summed E-state index contributed by atoms with van der Waals surface area (Å²) in [6.45, 7) is 4.53. The molecule has 3 rings (SSSR count). The third-order valence-electron chi connectivity index (χ3n) is 8.85. The van der Waals surface area contributed by atoms with Gasteiger partial charge in [0.1, 0.15) is 23.7 Å². The monoisotopic (exact) mass is 715 g/mol.